The number of primary amides is 1. The van der Waals surface area contributed by atoms with Crippen LogP contribution in [0.4, 0.5) is 10.5 Å². The Morgan fingerprint density at radius 2 is 1.68 bits per heavy atom. The van der Waals surface area contributed by atoms with E-state index in [4.69, 9.17) is 5.73 Å². The molecule has 0 saturated heterocycles. The van der Waals surface area contributed by atoms with Crippen molar-refractivity contribution in [2.75, 3.05) is 5.32 Å². The van der Waals surface area contributed by atoms with Gasteiger partial charge in [0.1, 0.15) is 6.04 Å². The summed E-state index contributed by atoms with van der Waals surface area (Å²) < 4.78 is 0. The maximum absolute atomic E-state index is 12.2. The lowest BCUT2D eigenvalue weighted by molar-refractivity contribution is -0.120. The van der Waals surface area contributed by atoms with Crippen LogP contribution in [-0.2, 0) is 4.79 Å². The van der Waals surface area contributed by atoms with Crippen LogP contribution in [0.5, 0.6) is 0 Å². The molecule has 0 radical (unpaired) electrons. The molecule has 0 aromatic heterocycles. The van der Waals surface area contributed by atoms with E-state index in [1.807, 2.05) is 62.4 Å². The second-order valence-corrected chi connectivity index (χ2v) is 5.14. The van der Waals surface area contributed by atoms with Crippen LogP contribution in [0.2, 0.25) is 0 Å². The van der Waals surface area contributed by atoms with Gasteiger partial charge >= 0.3 is 6.03 Å². The Kier molecular flexibility index (Phi) is 4.78. The predicted molar refractivity (Wildman–Crippen MR) is 86.4 cm³/mol. The lowest BCUT2D eigenvalue weighted by atomic mass is 10.0. The third-order valence-electron chi connectivity index (χ3n) is 3.46. The number of aryl methyl sites for hydroxylation is 2. The Morgan fingerprint density at radius 1 is 1.00 bits per heavy atom. The minimum Gasteiger partial charge on any atom is -0.370 e. The summed E-state index contributed by atoms with van der Waals surface area (Å²) >= 11 is 0. The number of hydrogen-bond acceptors (Lipinski definition) is 3. The fourth-order valence-electron chi connectivity index (χ4n) is 2.14. The van der Waals surface area contributed by atoms with Gasteiger partial charge < -0.3 is 11.1 Å². The molecule has 0 bridgehead atoms. The number of imide groups is 1. The normalized spacial score (nSPS) is 11.5. The van der Waals surface area contributed by atoms with E-state index in [-0.39, 0.29) is 0 Å². The first-order valence-electron chi connectivity index (χ1n) is 6.96. The molecule has 0 aliphatic carbocycles. The highest BCUT2D eigenvalue weighted by atomic mass is 16.2. The first kappa shape index (κ1) is 15.6. The van der Waals surface area contributed by atoms with Crippen LogP contribution in [0.15, 0.2) is 48.5 Å². The summed E-state index contributed by atoms with van der Waals surface area (Å²) in [7, 11) is 0. The predicted octanol–water partition coefficient (Wildman–Crippen LogP) is 2.65. The number of rotatable bonds is 4. The molecule has 0 spiro atoms. The third-order valence-corrected chi connectivity index (χ3v) is 3.46. The molecule has 114 valence electrons. The number of nitrogens with one attached hydrogen (secondary N) is 2. The van der Waals surface area contributed by atoms with Crippen molar-refractivity contribution in [3.63, 3.8) is 0 Å². The molecular weight excluding hydrogens is 278 g/mol. The van der Waals surface area contributed by atoms with Crippen molar-refractivity contribution in [1.29, 1.82) is 0 Å². The third kappa shape index (κ3) is 3.85. The summed E-state index contributed by atoms with van der Waals surface area (Å²) in [6, 6.07) is 13.4. The van der Waals surface area contributed by atoms with Gasteiger partial charge in [-0.15, -0.1) is 0 Å². The number of amides is 3. The van der Waals surface area contributed by atoms with Crippen LogP contribution in [0.3, 0.4) is 0 Å². The van der Waals surface area contributed by atoms with Crippen molar-refractivity contribution in [3.8, 4) is 0 Å². The lowest BCUT2D eigenvalue weighted by Gasteiger charge is -2.19. The zero-order valence-corrected chi connectivity index (χ0v) is 12.6. The van der Waals surface area contributed by atoms with Crippen LogP contribution < -0.4 is 16.4 Å². The molecule has 0 heterocycles. The Morgan fingerprint density at radius 3 is 2.27 bits per heavy atom. The molecule has 3 amide bonds. The first-order chi connectivity index (χ1) is 10.5. The molecule has 5 heteroatoms. The van der Waals surface area contributed by atoms with Gasteiger partial charge in [-0.05, 0) is 42.7 Å². The summed E-state index contributed by atoms with van der Waals surface area (Å²) in [6.07, 6.45) is 0. The molecule has 1 atom stereocenters. The average Bonchev–Trinajstić information content (AvgIpc) is 2.48. The second-order valence-electron chi connectivity index (χ2n) is 5.14. The number of benzene rings is 2. The number of nitrogens with two attached hydrogens (primary N) is 1. The van der Waals surface area contributed by atoms with Crippen LogP contribution in [0.25, 0.3) is 0 Å². The van der Waals surface area contributed by atoms with Gasteiger partial charge in [0.15, 0.2) is 0 Å². The molecule has 4 N–H and O–H groups in total. The summed E-state index contributed by atoms with van der Waals surface area (Å²) in [5, 5.41) is 5.27. The van der Waals surface area contributed by atoms with E-state index in [0.717, 1.165) is 16.8 Å². The van der Waals surface area contributed by atoms with E-state index in [1.165, 1.54) is 5.56 Å². The maximum Gasteiger partial charge on any atom is 0.318 e. The van der Waals surface area contributed by atoms with Crippen molar-refractivity contribution >= 4 is 17.6 Å². The Hall–Kier alpha value is -2.82. The molecule has 5 nitrogen and oxygen atoms in total. The Labute approximate surface area is 129 Å². The molecule has 2 aromatic rings. The molecule has 0 saturated carbocycles. The largest absolute Gasteiger partial charge is 0.370 e. The zero-order valence-electron chi connectivity index (χ0n) is 12.6. The van der Waals surface area contributed by atoms with Crippen molar-refractivity contribution in [1.82, 2.24) is 5.32 Å². The number of urea groups is 1. The molecule has 0 aliphatic heterocycles. The van der Waals surface area contributed by atoms with Crippen LogP contribution in [-0.4, -0.2) is 11.9 Å². The van der Waals surface area contributed by atoms with Gasteiger partial charge in [0, 0.05) is 5.69 Å². The monoisotopic (exact) mass is 297 g/mol. The number of carbonyl (C=O) groups is 2. The molecule has 2 aromatic carbocycles. The van der Waals surface area contributed by atoms with Crippen molar-refractivity contribution in [2.24, 2.45) is 5.73 Å². The quantitative estimate of drug-likeness (QED) is 0.811. The van der Waals surface area contributed by atoms with Gasteiger partial charge in [-0.25, -0.2) is 4.79 Å². The van der Waals surface area contributed by atoms with Crippen molar-refractivity contribution in [2.45, 2.75) is 19.9 Å². The van der Waals surface area contributed by atoms with E-state index in [2.05, 4.69) is 10.6 Å². The Balaban J connectivity index is 2.30. The van der Waals surface area contributed by atoms with Gasteiger partial charge in [0.05, 0.1) is 0 Å². The topological polar surface area (TPSA) is 84.2 Å². The highest BCUT2D eigenvalue weighted by molar-refractivity contribution is 5.98. The van der Waals surface area contributed by atoms with Gasteiger partial charge in [0.2, 0.25) is 0 Å². The molecule has 0 aliphatic rings. The summed E-state index contributed by atoms with van der Waals surface area (Å²) in [5.74, 6) is -0.489. The molecule has 0 fully saturated rings. The highest BCUT2D eigenvalue weighted by Gasteiger charge is 2.21. The minimum atomic E-state index is -0.868. The van der Waals surface area contributed by atoms with Gasteiger partial charge in [0.25, 0.3) is 5.91 Å². The SMILES string of the molecule is Cc1ccc(N[C@@H](C(=O)NC(N)=O)c2ccccc2)cc1C. The van der Waals surface area contributed by atoms with Crippen LogP contribution >= 0.6 is 0 Å². The van der Waals surface area contributed by atoms with E-state index in [0.29, 0.717) is 0 Å². The smallest absolute Gasteiger partial charge is 0.318 e. The standard InChI is InChI=1S/C17H19N3O2/c1-11-8-9-14(10-12(11)2)19-15(16(21)20-17(18)22)13-6-4-3-5-7-13/h3-10,15,19H,1-2H3,(H3,18,20,21,22)/t15-/m1/s1. The maximum atomic E-state index is 12.2. The fraction of sp³-hybridized carbons (Fsp3) is 0.176. The van der Waals surface area contributed by atoms with Crippen molar-refractivity contribution < 1.29 is 9.59 Å². The van der Waals surface area contributed by atoms with E-state index in [9.17, 15) is 9.59 Å². The highest BCUT2D eigenvalue weighted by Crippen LogP contribution is 2.22. The first-order valence-corrected chi connectivity index (χ1v) is 6.96. The number of anilines is 1. The average molecular weight is 297 g/mol. The Bertz CT molecular complexity index is 684. The van der Waals surface area contributed by atoms with E-state index >= 15 is 0 Å². The molecule has 0 unspecified atom stereocenters. The van der Waals surface area contributed by atoms with Crippen LogP contribution in [0.1, 0.15) is 22.7 Å². The number of carbonyl (C=O) groups excluding carboxylic acids is 2. The molecule has 2 rings (SSSR count). The van der Waals surface area contributed by atoms with Crippen LogP contribution in [0, 0.1) is 13.8 Å². The summed E-state index contributed by atoms with van der Waals surface area (Å²) in [6.45, 7) is 4.02. The molecule has 22 heavy (non-hydrogen) atoms. The van der Waals surface area contributed by atoms with Gasteiger partial charge in [-0.3, -0.25) is 10.1 Å². The van der Waals surface area contributed by atoms with E-state index < -0.39 is 18.0 Å². The number of hydrogen-bond donors (Lipinski definition) is 3. The lowest BCUT2D eigenvalue weighted by Crippen LogP contribution is -2.40. The molecular formula is C17H19N3O2. The van der Waals surface area contributed by atoms with Gasteiger partial charge in [-0.2, -0.15) is 0 Å². The van der Waals surface area contributed by atoms with Crippen molar-refractivity contribution in [3.05, 3.63) is 65.2 Å². The summed E-state index contributed by atoms with van der Waals surface area (Å²) in [4.78, 5) is 23.2. The summed E-state index contributed by atoms with van der Waals surface area (Å²) in [5.41, 5.74) is 8.89. The second kappa shape index (κ2) is 6.76. The van der Waals surface area contributed by atoms with Gasteiger partial charge in [-0.1, -0.05) is 36.4 Å². The minimum absolute atomic E-state index is 0.489. The fourth-order valence-corrected chi connectivity index (χ4v) is 2.14. The zero-order chi connectivity index (χ0) is 16.1. The van der Waals surface area contributed by atoms with E-state index in [1.54, 1.807) is 0 Å².